The molecular weight excluding hydrogens is 395 g/mol. The first-order chi connectivity index (χ1) is 14.8. The first kappa shape index (κ1) is 19.8. The maximum Gasteiger partial charge on any atom is 0.306 e. The van der Waals surface area contributed by atoms with Crippen molar-refractivity contribution < 1.29 is 14.3 Å². The standard InChI is InChI=1S/C24H27FN4O2/c1-24(2)14-28(18-7-3-15(4-8-18)23(30)31)21-12-20-16(13-26-27-20)11-22(21)29(24)19-9-5-17(25)6-10-19/h5-6,9-13,15,18H,3-4,7-8,14H2,1-2H3,(H,26,27)(H,30,31). The monoisotopic (exact) mass is 422 g/mol. The van der Waals surface area contributed by atoms with Crippen LogP contribution in [0.5, 0.6) is 0 Å². The van der Waals surface area contributed by atoms with Crippen LogP contribution >= 0.6 is 0 Å². The molecule has 0 atom stereocenters. The summed E-state index contributed by atoms with van der Waals surface area (Å²) >= 11 is 0. The maximum atomic E-state index is 13.6. The van der Waals surface area contributed by atoms with E-state index in [0.717, 1.165) is 47.4 Å². The second kappa shape index (κ2) is 7.25. The van der Waals surface area contributed by atoms with Gasteiger partial charge in [-0.3, -0.25) is 9.89 Å². The fraction of sp³-hybridized carbons (Fsp3) is 0.417. The van der Waals surface area contributed by atoms with Crippen molar-refractivity contribution in [2.45, 2.75) is 51.1 Å². The van der Waals surface area contributed by atoms with E-state index in [4.69, 9.17) is 0 Å². The summed E-state index contributed by atoms with van der Waals surface area (Å²) < 4.78 is 13.6. The molecule has 1 fully saturated rings. The molecule has 1 saturated carbocycles. The van der Waals surface area contributed by atoms with Crippen molar-refractivity contribution in [2.75, 3.05) is 16.3 Å². The molecule has 0 radical (unpaired) electrons. The van der Waals surface area contributed by atoms with Crippen LogP contribution in [-0.4, -0.2) is 39.4 Å². The van der Waals surface area contributed by atoms with Crippen LogP contribution in [0.2, 0.25) is 0 Å². The molecule has 7 heteroatoms. The van der Waals surface area contributed by atoms with E-state index >= 15 is 0 Å². The predicted molar refractivity (Wildman–Crippen MR) is 119 cm³/mol. The topological polar surface area (TPSA) is 72.5 Å². The fourth-order valence-corrected chi connectivity index (χ4v) is 5.31. The van der Waals surface area contributed by atoms with Gasteiger partial charge >= 0.3 is 5.97 Å². The molecule has 0 unspecified atom stereocenters. The van der Waals surface area contributed by atoms with Crippen LogP contribution in [0.4, 0.5) is 21.5 Å². The number of fused-ring (bicyclic) bond motifs is 2. The Morgan fingerprint density at radius 2 is 1.84 bits per heavy atom. The van der Waals surface area contributed by atoms with Crippen LogP contribution in [-0.2, 0) is 4.79 Å². The zero-order valence-corrected chi connectivity index (χ0v) is 17.8. The summed E-state index contributed by atoms with van der Waals surface area (Å²) in [5, 5.41) is 17.7. The SMILES string of the molecule is CC1(C)CN(C2CCC(C(=O)O)CC2)c2cc3[nH]ncc3cc2N1c1ccc(F)cc1. The van der Waals surface area contributed by atoms with Crippen LogP contribution in [0, 0.1) is 11.7 Å². The van der Waals surface area contributed by atoms with Crippen LogP contribution in [0.15, 0.2) is 42.6 Å². The van der Waals surface area contributed by atoms with Gasteiger partial charge in [0.1, 0.15) is 5.82 Å². The zero-order chi connectivity index (χ0) is 21.8. The number of carboxylic acid groups (broad SMARTS) is 1. The van der Waals surface area contributed by atoms with Crippen molar-refractivity contribution in [3.8, 4) is 0 Å². The van der Waals surface area contributed by atoms with Gasteiger partial charge in [0.25, 0.3) is 0 Å². The Morgan fingerprint density at radius 3 is 2.52 bits per heavy atom. The summed E-state index contributed by atoms with van der Waals surface area (Å²) in [6.45, 7) is 5.20. The van der Waals surface area contributed by atoms with Gasteiger partial charge in [-0.2, -0.15) is 5.10 Å². The van der Waals surface area contributed by atoms with Gasteiger partial charge in [0, 0.05) is 23.7 Å². The third kappa shape index (κ3) is 3.42. The number of hydrogen-bond donors (Lipinski definition) is 2. The average molecular weight is 423 g/mol. The molecule has 6 nitrogen and oxygen atoms in total. The highest BCUT2D eigenvalue weighted by Gasteiger charge is 2.41. The minimum Gasteiger partial charge on any atom is -0.481 e. The quantitative estimate of drug-likeness (QED) is 0.616. The summed E-state index contributed by atoms with van der Waals surface area (Å²) in [7, 11) is 0. The molecule has 5 rings (SSSR count). The van der Waals surface area contributed by atoms with Crippen LogP contribution < -0.4 is 9.80 Å². The van der Waals surface area contributed by atoms with E-state index in [-0.39, 0.29) is 17.3 Å². The van der Waals surface area contributed by atoms with Crippen molar-refractivity contribution in [3.63, 3.8) is 0 Å². The van der Waals surface area contributed by atoms with Gasteiger partial charge < -0.3 is 14.9 Å². The van der Waals surface area contributed by atoms with Crippen molar-refractivity contribution in [3.05, 3.63) is 48.4 Å². The van der Waals surface area contributed by atoms with Gasteiger partial charge in [-0.05, 0) is 75.9 Å². The number of carboxylic acids is 1. The van der Waals surface area contributed by atoms with E-state index in [1.807, 2.05) is 18.3 Å². The highest BCUT2D eigenvalue weighted by molar-refractivity contribution is 5.93. The molecular formula is C24H27FN4O2. The lowest BCUT2D eigenvalue weighted by Crippen LogP contribution is -2.57. The second-order valence-corrected chi connectivity index (χ2v) is 9.39. The number of aromatic nitrogens is 2. The predicted octanol–water partition coefficient (Wildman–Crippen LogP) is 5.08. The lowest BCUT2D eigenvalue weighted by atomic mass is 9.83. The number of aromatic amines is 1. The molecule has 0 bridgehead atoms. The van der Waals surface area contributed by atoms with Gasteiger partial charge in [0.05, 0.1) is 34.5 Å². The van der Waals surface area contributed by atoms with Crippen LogP contribution in [0.3, 0.4) is 0 Å². The van der Waals surface area contributed by atoms with E-state index in [0.29, 0.717) is 18.9 Å². The number of halogens is 1. The van der Waals surface area contributed by atoms with Crippen molar-refractivity contribution in [1.82, 2.24) is 10.2 Å². The number of aliphatic carboxylic acids is 1. The minimum atomic E-state index is -0.681. The van der Waals surface area contributed by atoms with Gasteiger partial charge in [0.15, 0.2) is 0 Å². The Hall–Kier alpha value is -3.09. The molecule has 2 N–H and O–H groups in total. The van der Waals surface area contributed by atoms with Gasteiger partial charge in [-0.1, -0.05) is 0 Å². The summed E-state index contributed by atoms with van der Waals surface area (Å²) in [6, 6.07) is 11.2. The smallest absolute Gasteiger partial charge is 0.306 e. The molecule has 0 amide bonds. The number of rotatable bonds is 3. The normalized spacial score (nSPS) is 23.1. The number of anilines is 3. The lowest BCUT2D eigenvalue weighted by Gasteiger charge is -2.52. The fourth-order valence-electron chi connectivity index (χ4n) is 5.31. The largest absolute Gasteiger partial charge is 0.481 e. The summed E-state index contributed by atoms with van der Waals surface area (Å²) in [4.78, 5) is 16.2. The molecule has 0 saturated heterocycles. The minimum absolute atomic E-state index is 0.237. The third-order valence-corrected chi connectivity index (χ3v) is 6.82. The van der Waals surface area contributed by atoms with Gasteiger partial charge in [-0.15, -0.1) is 0 Å². The molecule has 162 valence electrons. The molecule has 1 aromatic heterocycles. The molecule has 1 aliphatic heterocycles. The number of hydrogen-bond acceptors (Lipinski definition) is 4. The number of nitrogens with one attached hydrogen (secondary N) is 1. The Balaban J connectivity index is 1.60. The lowest BCUT2D eigenvalue weighted by molar-refractivity contribution is -0.142. The Labute approximate surface area is 180 Å². The van der Waals surface area contributed by atoms with E-state index in [9.17, 15) is 14.3 Å². The number of benzene rings is 2. The molecule has 31 heavy (non-hydrogen) atoms. The highest BCUT2D eigenvalue weighted by atomic mass is 19.1. The van der Waals surface area contributed by atoms with E-state index in [1.165, 1.54) is 12.1 Å². The average Bonchev–Trinajstić information content (AvgIpc) is 3.20. The van der Waals surface area contributed by atoms with Crippen molar-refractivity contribution >= 4 is 33.9 Å². The Bertz CT molecular complexity index is 1120. The number of H-pyrrole nitrogens is 1. The summed E-state index contributed by atoms with van der Waals surface area (Å²) in [5.41, 5.74) is 3.86. The van der Waals surface area contributed by atoms with Crippen molar-refractivity contribution in [2.24, 2.45) is 5.92 Å². The molecule has 2 heterocycles. The highest BCUT2D eigenvalue weighted by Crippen LogP contribution is 2.48. The van der Waals surface area contributed by atoms with E-state index < -0.39 is 5.97 Å². The molecule has 2 aliphatic rings. The van der Waals surface area contributed by atoms with Crippen molar-refractivity contribution in [1.29, 1.82) is 0 Å². The van der Waals surface area contributed by atoms with E-state index in [2.05, 4.69) is 46.0 Å². The van der Waals surface area contributed by atoms with Crippen LogP contribution in [0.1, 0.15) is 39.5 Å². The molecule has 3 aromatic rings. The first-order valence-corrected chi connectivity index (χ1v) is 10.9. The Morgan fingerprint density at radius 1 is 1.13 bits per heavy atom. The second-order valence-electron chi connectivity index (χ2n) is 9.39. The molecule has 0 spiro atoms. The van der Waals surface area contributed by atoms with Gasteiger partial charge in [0.2, 0.25) is 0 Å². The molecule has 1 aliphatic carbocycles. The number of nitrogens with zero attached hydrogens (tertiary/aromatic N) is 3. The molecule has 2 aromatic carbocycles. The number of carbonyl (C=O) groups is 1. The summed E-state index contributed by atoms with van der Waals surface area (Å²) in [5.74, 6) is -1.17. The van der Waals surface area contributed by atoms with E-state index in [1.54, 1.807) is 0 Å². The first-order valence-electron chi connectivity index (χ1n) is 10.9. The Kier molecular flexibility index (Phi) is 4.64. The summed E-state index contributed by atoms with van der Waals surface area (Å²) in [6.07, 6.45) is 4.97. The van der Waals surface area contributed by atoms with Crippen LogP contribution in [0.25, 0.3) is 10.9 Å². The van der Waals surface area contributed by atoms with Gasteiger partial charge in [-0.25, -0.2) is 4.39 Å². The maximum absolute atomic E-state index is 13.6. The third-order valence-electron chi connectivity index (χ3n) is 6.82. The zero-order valence-electron chi connectivity index (χ0n) is 17.8.